The molecule has 6 heteroatoms. The Morgan fingerprint density at radius 1 is 1.18 bits per heavy atom. The average molecular weight is 303 g/mol. The van der Waals surface area contributed by atoms with E-state index in [1.54, 1.807) is 0 Å². The lowest BCUT2D eigenvalue weighted by Gasteiger charge is -2.17. The molecule has 1 N–H and O–H groups in total. The van der Waals surface area contributed by atoms with E-state index in [1.807, 2.05) is 21.8 Å². The van der Waals surface area contributed by atoms with Gasteiger partial charge in [-0.1, -0.05) is 0 Å². The van der Waals surface area contributed by atoms with E-state index < -0.39 is 0 Å². The van der Waals surface area contributed by atoms with Crippen LogP contribution in [0.25, 0.3) is 0 Å². The highest BCUT2D eigenvalue weighted by Gasteiger charge is 2.30. The Balaban J connectivity index is 1.52. The van der Waals surface area contributed by atoms with Crippen LogP contribution in [0.1, 0.15) is 37.5 Å². The number of rotatable bonds is 7. The van der Waals surface area contributed by atoms with E-state index in [9.17, 15) is 0 Å². The summed E-state index contributed by atoms with van der Waals surface area (Å²) in [6.07, 6.45) is 9.35. The summed E-state index contributed by atoms with van der Waals surface area (Å²) in [6.45, 7) is 8.67. The zero-order valence-electron chi connectivity index (χ0n) is 13.4. The topological polar surface area (TPSA) is 56.9 Å². The lowest BCUT2D eigenvalue weighted by molar-refractivity contribution is 0.0904. The molecule has 3 rings (SSSR count). The van der Waals surface area contributed by atoms with Crippen molar-refractivity contribution in [2.24, 2.45) is 5.92 Å². The van der Waals surface area contributed by atoms with Crippen molar-refractivity contribution in [2.75, 3.05) is 13.2 Å². The molecular formula is C16H25N5O. The van der Waals surface area contributed by atoms with Gasteiger partial charge >= 0.3 is 0 Å². The van der Waals surface area contributed by atoms with Crippen LogP contribution in [0.4, 0.5) is 0 Å². The van der Waals surface area contributed by atoms with Gasteiger partial charge in [0.05, 0.1) is 18.5 Å². The summed E-state index contributed by atoms with van der Waals surface area (Å²) >= 11 is 0. The molecule has 0 spiro atoms. The van der Waals surface area contributed by atoms with E-state index in [4.69, 9.17) is 4.74 Å². The normalized spacial score (nSPS) is 21.5. The molecule has 0 radical (unpaired) electrons. The molecule has 6 nitrogen and oxygen atoms in total. The fourth-order valence-electron chi connectivity index (χ4n) is 2.98. The van der Waals surface area contributed by atoms with Gasteiger partial charge in [-0.25, -0.2) is 0 Å². The van der Waals surface area contributed by atoms with Gasteiger partial charge in [-0.3, -0.25) is 9.36 Å². The molecule has 2 aromatic rings. The quantitative estimate of drug-likeness (QED) is 0.850. The number of hydrogen-bond donors (Lipinski definition) is 1. The van der Waals surface area contributed by atoms with Gasteiger partial charge in [0.2, 0.25) is 0 Å². The number of ether oxygens (including phenoxy) is 1. The summed E-state index contributed by atoms with van der Waals surface area (Å²) in [5, 5.41) is 12.2. The smallest absolute Gasteiger partial charge is 0.0896 e. The third kappa shape index (κ3) is 3.39. The van der Waals surface area contributed by atoms with Crippen molar-refractivity contribution in [1.29, 1.82) is 0 Å². The standard InChI is InChI=1S/C16H25N5O/c1-3-20-11-13(8-18-20)7-17-9-14-5-6-22-16(14)15-10-19-21(4-2)12-15/h8,10-12,14,16-17H,3-7,9H2,1-2H3/t14-,16+/m0/s1. The predicted octanol–water partition coefficient (Wildman–Crippen LogP) is 1.99. The van der Waals surface area contributed by atoms with E-state index in [2.05, 4.69) is 41.8 Å². The molecule has 22 heavy (non-hydrogen) atoms. The van der Waals surface area contributed by atoms with Gasteiger partial charge in [-0.15, -0.1) is 0 Å². The molecule has 1 aliphatic heterocycles. The molecule has 0 aliphatic carbocycles. The molecule has 0 saturated carbocycles. The van der Waals surface area contributed by atoms with Crippen molar-refractivity contribution in [3.63, 3.8) is 0 Å². The number of aromatic nitrogens is 4. The Kier molecular flexibility index (Phi) is 4.90. The molecule has 0 bridgehead atoms. The van der Waals surface area contributed by atoms with E-state index in [1.165, 1.54) is 11.1 Å². The first-order chi connectivity index (χ1) is 10.8. The van der Waals surface area contributed by atoms with Crippen LogP contribution in [-0.4, -0.2) is 32.7 Å². The molecule has 1 fully saturated rings. The monoisotopic (exact) mass is 303 g/mol. The first kappa shape index (κ1) is 15.2. The summed E-state index contributed by atoms with van der Waals surface area (Å²) in [7, 11) is 0. The van der Waals surface area contributed by atoms with Crippen LogP contribution in [0.2, 0.25) is 0 Å². The van der Waals surface area contributed by atoms with E-state index in [-0.39, 0.29) is 6.10 Å². The molecule has 0 unspecified atom stereocenters. The maximum absolute atomic E-state index is 5.92. The van der Waals surface area contributed by atoms with Gasteiger partial charge in [-0.05, 0) is 20.3 Å². The second kappa shape index (κ2) is 7.07. The van der Waals surface area contributed by atoms with Crippen molar-refractivity contribution in [3.05, 3.63) is 35.9 Å². The summed E-state index contributed by atoms with van der Waals surface area (Å²) < 4.78 is 9.84. The minimum absolute atomic E-state index is 0.172. The number of nitrogens with one attached hydrogen (secondary N) is 1. The van der Waals surface area contributed by atoms with Crippen molar-refractivity contribution < 1.29 is 4.74 Å². The van der Waals surface area contributed by atoms with Crippen LogP contribution >= 0.6 is 0 Å². The van der Waals surface area contributed by atoms with Crippen molar-refractivity contribution in [3.8, 4) is 0 Å². The molecular weight excluding hydrogens is 278 g/mol. The second-order valence-corrected chi connectivity index (χ2v) is 5.80. The van der Waals surface area contributed by atoms with Gasteiger partial charge in [0.25, 0.3) is 0 Å². The lowest BCUT2D eigenvalue weighted by Crippen LogP contribution is -2.24. The minimum atomic E-state index is 0.172. The van der Waals surface area contributed by atoms with Crippen LogP contribution in [0, 0.1) is 5.92 Å². The van der Waals surface area contributed by atoms with Crippen LogP contribution in [0.5, 0.6) is 0 Å². The van der Waals surface area contributed by atoms with Crippen molar-refractivity contribution in [1.82, 2.24) is 24.9 Å². The van der Waals surface area contributed by atoms with Crippen molar-refractivity contribution in [2.45, 2.75) is 46.0 Å². The maximum Gasteiger partial charge on any atom is 0.0896 e. The average Bonchev–Trinajstić information content (AvgIpc) is 3.27. The van der Waals surface area contributed by atoms with Crippen LogP contribution in [0.3, 0.4) is 0 Å². The van der Waals surface area contributed by atoms with E-state index >= 15 is 0 Å². The predicted molar refractivity (Wildman–Crippen MR) is 84.3 cm³/mol. The molecule has 2 aromatic heterocycles. The number of nitrogens with zero attached hydrogens (tertiary/aromatic N) is 4. The van der Waals surface area contributed by atoms with Gasteiger partial charge < -0.3 is 10.1 Å². The molecule has 0 amide bonds. The van der Waals surface area contributed by atoms with E-state index in [0.29, 0.717) is 5.92 Å². The summed E-state index contributed by atoms with van der Waals surface area (Å²) in [4.78, 5) is 0. The Hall–Kier alpha value is -1.66. The Morgan fingerprint density at radius 3 is 2.68 bits per heavy atom. The number of hydrogen-bond acceptors (Lipinski definition) is 4. The highest BCUT2D eigenvalue weighted by molar-refractivity contribution is 5.11. The SMILES string of the molecule is CCn1cc(CNC[C@@H]2CCO[C@H]2c2cnn(CC)c2)cn1. The van der Waals surface area contributed by atoms with E-state index in [0.717, 1.165) is 39.2 Å². The Labute approximate surface area is 131 Å². The maximum atomic E-state index is 5.92. The molecule has 3 heterocycles. The van der Waals surface area contributed by atoms with Gasteiger partial charge in [0, 0.05) is 62.2 Å². The molecule has 1 aliphatic rings. The first-order valence-electron chi connectivity index (χ1n) is 8.16. The van der Waals surface area contributed by atoms with Gasteiger partial charge in [0.1, 0.15) is 0 Å². The molecule has 120 valence electrons. The van der Waals surface area contributed by atoms with Crippen LogP contribution in [0.15, 0.2) is 24.8 Å². The third-order valence-electron chi connectivity index (χ3n) is 4.27. The fourth-order valence-corrected chi connectivity index (χ4v) is 2.98. The summed E-state index contributed by atoms with van der Waals surface area (Å²) in [6, 6.07) is 0. The largest absolute Gasteiger partial charge is 0.373 e. The van der Waals surface area contributed by atoms with Crippen LogP contribution in [-0.2, 0) is 24.4 Å². The highest BCUT2D eigenvalue weighted by atomic mass is 16.5. The third-order valence-corrected chi connectivity index (χ3v) is 4.27. The Bertz CT molecular complexity index is 591. The molecule has 0 aromatic carbocycles. The zero-order valence-corrected chi connectivity index (χ0v) is 13.4. The lowest BCUT2D eigenvalue weighted by atomic mass is 9.97. The van der Waals surface area contributed by atoms with Gasteiger partial charge in [0.15, 0.2) is 0 Å². The van der Waals surface area contributed by atoms with Crippen molar-refractivity contribution >= 4 is 0 Å². The second-order valence-electron chi connectivity index (χ2n) is 5.80. The Morgan fingerprint density at radius 2 is 1.95 bits per heavy atom. The van der Waals surface area contributed by atoms with Gasteiger partial charge in [-0.2, -0.15) is 10.2 Å². The molecule has 1 saturated heterocycles. The minimum Gasteiger partial charge on any atom is -0.373 e. The zero-order chi connectivity index (χ0) is 15.4. The summed E-state index contributed by atoms with van der Waals surface area (Å²) in [5.41, 5.74) is 2.43. The molecule has 2 atom stereocenters. The van der Waals surface area contributed by atoms with Crippen LogP contribution < -0.4 is 5.32 Å². The highest BCUT2D eigenvalue weighted by Crippen LogP contribution is 2.33. The summed E-state index contributed by atoms with van der Waals surface area (Å²) in [5.74, 6) is 0.510. The fraction of sp³-hybridized carbons (Fsp3) is 0.625. The first-order valence-corrected chi connectivity index (χ1v) is 8.16. The number of aryl methyl sites for hydroxylation is 2.